The van der Waals surface area contributed by atoms with Gasteiger partial charge in [-0.25, -0.2) is 12.7 Å². The van der Waals surface area contributed by atoms with Crippen LogP contribution in [0.25, 0.3) is 0 Å². The van der Waals surface area contributed by atoms with E-state index in [1.54, 1.807) is 24.0 Å². The van der Waals surface area contributed by atoms with Gasteiger partial charge in [0.25, 0.3) is 5.91 Å². The SMILES string of the molecule is Cc1nnc(C2CCN(C(=O)c3ccc(S(=O)(=O)N(C)C)cc3)CC2)o1. The Morgan fingerprint density at radius 2 is 1.77 bits per heavy atom. The lowest BCUT2D eigenvalue weighted by atomic mass is 9.96. The molecule has 1 aromatic heterocycles. The van der Waals surface area contributed by atoms with Crippen LogP contribution in [0, 0.1) is 6.92 Å². The third kappa shape index (κ3) is 3.63. The number of piperidine rings is 1. The Hall–Kier alpha value is -2.26. The van der Waals surface area contributed by atoms with Crippen molar-refractivity contribution in [2.45, 2.75) is 30.6 Å². The molecular weight excluding hydrogens is 356 g/mol. The van der Waals surface area contributed by atoms with Gasteiger partial charge < -0.3 is 9.32 Å². The van der Waals surface area contributed by atoms with Gasteiger partial charge in [0.15, 0.2) is 0 Å². The first-order chi connectivity index (χ1) is 12.3. The monoisotopic (exact) mass is 378 g/mol. The highest BCUT2D eigenvalue weighted by molar-refractivity contribution is 7.89. The summed E-state index contributed by atoms with van der Waals surface area (Å²) in [6.45, 7) is 2.96. The van der Waals surface area contributed by atoms with Crippen molar-refractivity contribution in [2.75, 3.05) is 27.2 Å². The maximum absolute atomic E-state index is 12.7. The molecule has 1 fully saturated rings. The molecule has 0 N–H and O–H groups in total. The van der Waals surface area contributed by atoms with E-state index in [1.165, 1.54) is 26.2 Å². The summed E-state index contributed by atoms with van der Waals surface area (Å²) in [6, 6.07) is 6.06. The molecule has 26 heavy (non-hydrogen) atoms. The standard InChI is InChI=1S/C17H22N4O4S/c1-12-18-19-16(25-12)13-8-10-21(11-9-13)17(22)14-4-6-15(7-5-14)26(23,24)20(2)3/h4-7,13H,8-11H2,1-3H3. The van der Waals surface area contributed by atoms with E-state index >= 15 is 0 Å². The number of benzene rings is 1. The molecule has 2 aromatic rings. The third-order valence-electron chi connectivity index (χ3n) is 4.55. The van der Waals surface area contributed by atoms with Crippen LogP contribution < -0.4 is 0 Å². The second-order valence-corrected chi connectivity index (χ2v) is 8.69. The van der Waals surface area contributed by atoms with Crippen LogP contribution >= 0.6 is 0 Å². The molecule has 0 bridgehead atoms. The van der Waals surface area contributed by atoms with Gasteiger partial charge in [-0.2, -0.15) is 0 Å². The van der Waals surface area contributed by atoms with Gasteiger partial charge in [0.2, 0.25) is 21.8 Å². The van der Waals surface area contributed by atoms with E-state index in [4.69, 9.17) is 4.42 Å². The molecule has 0 saturated carbocycles. The van der Waals surface area contributed by atoms with Gasteiger partial charge in [-0.05, 0) is 37.1 Å². The molecule has 3 rings (SSSR count). The average molecular weight is 378 g/mol. The van der Waals surface area contributed by atoms with E-state index in [9.17, 15) is 13.2 Å². The Morgan fingerprint density at radius 1 is 1.15 bits per heavy atom. The molecule has 0 radical (unpaired) electrons. The fourth-order valence-corrected chi connectivity index (χ4v) is 3.87. The number of rotatable bonds is 4. The fraction of sp³-hybridized carbons (Fsp3) is 0.471. The molecule has 1 aromatic carbocycles. The topological polar surface area (TPSA) is 96.6 Å². The molecule has 1 aliphatic heterocycles. The molecule has 1 amide bonds. The molecule has 1 aliphatic rings. The minimum absolute atomic E-state index is 0.0982. The van der Waals surface area contributed by atoms with Gasteiger partial charge in [-0.15, -0.1) is 10.2 Å². The number of nitrogens with zero attached hydrogens (tertiary/aromatic N) is 4. The number of aromatic nitrogens is 2. The minimum Gasteiger partial charge on any atom is -0.425 e. The van der Waals surface area contributed by atoms with E-state index in [1.807, 2.05) is 0 Å². The van der Waals surface area contributed by atoms with Crippen LogP contribution in [-0.2, 0) is 10.0 Å². The summed E-state index contributed by atoms with van der Waals surface area (Å²) in [5.74, 6) is 1.26. The number of carbonyl (C=O) groups is 1. The predicted molar refractivity (Wildman–Crippen MR) is 94.2 cm³/mol. The van der Waals surface area contributed by atoms with Crippen molar-refractivity contribution in [2.24, 2.45) is 0 Å². The Labute approximate surface area is 152 Å². The van der Waals surface area contributed by atoms with E-state index in [-0.39, 0.29) is 16.7 Å². The lowest BCUT2D eigenvalue weighted by molar-refractivity contribution is 0.0706. The third-order valence-corrected chi connectivity index (χ3v) is 6.38. The van der Waals surface area contributed by atoms with Gasteiger partial charge in [-0.3, -0.25) is 4.79 Å². The number of sulfonamides is 1. The van der Waals surface area contributed by atoms with Crippen LogP contribution in [0.4, 0.5) is 0 Å². The first-order valence-corrected chi connectivity index (χ1v) is 9.85. The average Bonchev–Trinajstić information content (AvgIpc) is 3.07. The van der Waals surface area contributed by atoms with E-state index < -0.39 is 10.0 Å². The van der Waals surface area contributed by atoms with Gasteiger partial charge >= 0.3 is 0 Å². The van der Waals surface area contributed by atoms with Crippen LogP contribution in [0.5, 0.6) is 0 Å². The van der Waals surface area contributed by atoms with Crippen molar-refractivity contribution in [1.29, 1.82) is 0 Å². The molecule has 0 aliphatic carbocycles. The van der Waals surface area contributed by atoms with Gasteiger partial charge in [0.1, 0.15) is 0 Å². The van der Waals surface area contributed by atoms with Gasteiger partial charge in [-0.1, -0.05) is 0 Å². The molecule has 0 atom stereocenters. The summed E-state index contributed by atoms with van der Waals surface area (Å²) in [5, 5.41) is 7.92. The molecule has 1 saturated heterocycles. The zero-order valence-electron chi connectivity index (χ0n) is 15.0. The van der Waals surface area contributed by atoms with Crippen molar-refractivity contribution in [3.8, 4) is 0 Å². The van der Waals surface area contributed by atoms with E-state index in [0.29, 0.717) is 30.4 Å². The molecule has 9 heteroatoms. The van der Waals surface area contributed by atoms with E-state index in [0.717, 1.165) is 17.1 Å². The summed E-state index contributed by atoms with van der Waals surface area (Å²) in [5.41, 5.74) is 0.481. The zero-order chi connectivity index (χ0) is 18.9. The Balaban J connectivity index is 1.65. The number of hydrogen-bond donors (Lipinski definition) is 0. The van der Waals surface area contributed by atoms with Crippen molar-refractivity contribution in [1.82, 2.24) is 19.4 Å². The van der Waals surface area contributed by atoms with Crippen LogP contribution in [-0.4, -0.2) is 60.9 Å². The predicted octanol–water partition coefficient (Wildman–Crippen LogP) is 1.65. The molecule has 140 valence electrons. The fourth-order valence-electron chi connectivity index (χ4n) is 2.97. The highest BCUT2D eigenvalue weighted by atomic mass is 32.2. The molecule has 2 heterocycles. The number of likely N-dealkylation sites (tertiary alicyclic amines) is 1. The summed E-state index contributed by atoms with van der Waals surface area (Å²) in [4.78, 5) is 14.6. The molecule has 0 unspecified atom stereocenters. The second kappa shape index (κ2) is 7.16. The summed E-state index contributed by atoms with van der Waals surface area (Å²) < 4.78 is 30.8. The van der Waals surface area contributed by atoms with Gasteiger partial charge in [0.05, 0.1) is 4.90 Å². The largest absolute Gasteiger partial charge is 0.425 e. The van der Waals surface area contributed by atoms with E-state index in [2.05, 4.69) is 10.2 Å². The Kier molecular flexibility index (Phi) is 5.10. The highest BCUT2D eigenvalue weighted by Gasteiger charge is 2.28. The normalized spacial score (nSPS) is 16.2. The van der Waals surface area contributed by atoms with Crippen molar-refractivity contribution in [3.05, 3.63) is 41.6 Å². The number of carbonyl (C=O) groups excluding carboxylic acids is 1. The molecule has 0 spiro atoms. The lowest BCUT2D eigenvalue weighted by Gasteiger charge is -2.30. The van der Waals surface area contributed by atoms with Crippen LogP contribution in [0.1, 0.15) is 40.9 Å². The summed E-state index contributed by atoms with van der Waals surface area (Å²) in [6.07, 6.45) is 1.53. The Bertz CT molecular complexity index is 882. The maximum atomic E-state index is 12.7. The maximum Gasteiger partial charge on any atom is 0.253 e. The van der Waals surface area contributed by atoms with Crippen LogP contribution in [0.2, 0.25) is 0 Å². The van der Waals surface area contributed by atoms with Crippen molar-refractivity contribution in [3.63, 3.8) is 0 Å². The van der Waals surface area contributed by atoms with Crippen molar-refractivity contribution < 1.29 is 17.6 Å². The number of aryl methyl sites for hydroxylation is 1. The first-order valence-electron chi connectivity index (χ1n) is 8.41. The van der Waals surface area contributed by atoms with Crippen LogP contribution in [0.3, 0.4) is 0 Å². The zero-order valence-corrected chi connectivity index (χ0v) is 15.9. The summed E-state index contributed by atoms with van der Waals surface area (Å²) in [7, 11) is -0.544. The first kappa shape index (κ1) is 18.5. The highest BCUT2D eigenvalue weighted by Crippen LogP contribution is 2.27. The lowest BCUT2D eigenvalue weighted by Crippen LogP contribution is -2.38. The molecule has 8 nitrogen and oxygen atoms in total. The smallest absolute Gasteiger partial charge is 0.253 e. The Morgan fingerprint density at radius 3 is 2.27 bits per heavy atom. The van der Waals surface area contributed by atoms with Crippen LogP contribution in [0.15, 0.2) is 33.6 Å². The van der Waals surface area contributed by atoms with Crippen molar-refractivity contribution >= 4 is 15.9 Å². The second-order valence-electron chi connectivity index (χ2n) is 6.54. The minimum atomic E-state index is -3.50. The number of hydrogen-bond acceptors (Lipinski definition) is 6. The van der Waals surface area contributed by atoms with Gasteiger partial charge in [0, 0.05) is 45.6 Å². The summed E-state index contributed by atoms with van der Waals surface area (Å²) >= 11 is 0. The quantitative estimate of drug-likeness (QED) is 0.802. The number of amides is 1. The molecular formula is C17H22N4O4S.